The van der Waals surface area contributed by atoms with E-state index in [1.807, 2.05) is 30.3 Å². The summed E-state index contributed by atoms with van der Waals surface area (Å²) in [5, 5.41) is 10.2. The summed E-state index contributed by atoms with van der Waals surface area (Å²) in [6, 6.07) is 20.0. The molecule has 6 heteroatoms. The van der Waals surface area contributed by atoms with Crippen LogP contribution in [0.1, 0.15) is 16.1 Å². The first-order chi connectivity index (χ1) is 13.7. The molecule has 4 aromatic rings. The molecule has 28 heavy (non-hydrogen) atoms. The van der Waals surface area contributed by atoms with Gasteiger partial charge in [0.2, 0.25) is 5.78 Å². The van der Waals surface area contributed by atoms with Gasteiger partial charge in [-0.25, -0.2) is 4.98 Å². The third-order valence-electron chi connectivity index (χ3n) is 4.12. The number of benzene rings is 2. The number of furan rings is 1. The van der Waals surface area contributed by atoms with Gasteiger partial charge in [0.15, 0.2) is 10.8 Å². The number of ether oxygens (including phenoxy) is 1. The van der Waals surface area contributed by atoms with Crippen LogP contribution >= 0.6 is 11.3 Å². The smallest absolute Gasteiger partial charge is 0.203 e. The number of rotatable bonds is 5. The number of carbonyl (C=O) groups excluding carboxylic acids is 1. The molecular formula is C22H14N2O3S. The van der Waals surface area contributed by atoms with Gasteiger partial charge in [-0.1, -0.05) is 24.3 Å². The van der Waals surface area contributed by atoms with Crippen LogP contribution < -0.4 is 4.74 Å². The molecule has 0 amide bonds. The maximum atomic E-state index is 12.6. The molecular weight excluding hydrogens is 372 g/mol. The molecule has 0 atom stereocenters. The number of hydrogen-bond acceptors (Lipinski definition) is 6. The second-order valence-corrected chi connectivity index (χ2v) is 6.95. The highest BCUT2D eigenvalue weighted by Gasteiger charge is 2.15. The van der Waals surface area contributed by atoms with Crippen molar-refractivity contribution in [1.29, 1.82) is 5.26 Å². The number of nitrogens with zero attached hydrogens (tertiary/aromatic N) is 2. The Labute approximate surface area is 165 Å². The van der Waals surface area contributed by atoms with Crippen molar-refractivity contribution in [2.45, 2.75) is 0 Å². The molecule has 0 saturated carbocycles. The van der Waals surface area contributed by atoms with E-state index in [4.69, 9.17) is 9.15 Å². The molecule has 0 bridgehead atoms. The molecule has 2 aromatic carbocycles. The molecule has 136 valence electrons. The number of nitriles is 1. The number of hydrogen-bond donors (Lipinski definition) is 0. The number of carbonyl (C=O) groups is 1. The summed E-state index contributed by atoms with van der Waals surface area (Å²) in [6.45, 7) is 0. The molecule has 5 nitrogen and oxygen atoms in total. The third kappa shape index (κ3) is 3.43. The first-order valence-electron chi connectivity index (χ1n) is 8.44. The Hall–Kier alpha value is -3.69. The Bertz CT molecular complexity index is 1210. The summed E-state index contributed by atoms with van der Waals surface area (Å²) >= 11 is 1.52. The third-order valence-corrected chi connectivity index (χ3v) is 5.17. The van der Waals surface area contributed by atoms with Gasteiger partial charge in [0.25, 0.3) is 0 Å². The average Bonchev–Trinajstić information content (AvgIpc) is 3.38. The predicted octanol–water partition coefficient (Wildman–Crippen LogP) is 5.35. The highest BCUT2D eigenvalue weighted by atomic mass is 32.1. The molecule has 4 rings (SSSR count). The molecule has 2 heterocycles. The Morgan fingerprint density at radius 2 is 2.04 bits per heavy atom. The first-order valence-corrected chi connectivity index (χ1v) is 9.26. The van der Waals surface area contributed by atoms with E-state index in [1.165, 1.54) is 24.5 Å². The van der Waals surface area contributed by atoms with Crippen molar-refractivity contribution in [3.05, 3.63) is 77.6 Å². The molecule has 0 saturated heterocycles. The number of methoxy groups -OCH3 is 1. The highest BCUT2D eigenvalue weighted by molar-refractivity contribution is 7.21. The van der Waals surface area contributed by atoms with E-state index in [-0.39, 0.29) is 11.4 Å². The lowest BCUT2D eigenvalue weighted by Crippen LogP contribution is -2.02. The fraction of sp³-hybridized carbons (Fsp3) is 0.0455. The zero-order valence-corrected chi connectivity index (χ0v) is 15.7. The van der Waals surface area contributed by atoms with E-state index in [1.54, 1.807) is 36.4 Å². The fourth-order valence-electron chi connectivity index (χ4n) is 2.73. The summed E-state index contributed by atoms with van der Waals surface area (Å²) in [5.74, 6) is 1.18. The number of thiazole rings is 1. The zero-order chi connectivity index (χ0) is 19.5. The molecule has 0 aliphatic carbocycles. The standard InChI is InChI=1S/C22H14N2O3S/c1-26-16-6-4-5-14(11-16)21(25)15(13-23)12-17-9-10-19(27-17)22-24-18-7-2-3-8-20(18)28-22/h2-12H,1H3/b15-12+. The number of aromatic nitrogens is 1. The Kier molecular flexibility index (Phi) is 4.75. The van der Waals surface area contributed by atoms with Gasteiger partial charge in [-0.05, 0) is 36.4 Å². The van der Waals surface area contributed by atoms with Gasteiger partial charge in [-0.3, -0.25) is 4.79 Å². The van der Waals surface area contributed by atoms with Crippen LogP contribution in [0.4, 0.5) is 0 Å². The summed E-state index contributed by atoms with van der Waals surface area (Å²) in [6.07, 6.45) is 1.44. The molecule has 0 N–H and O–H groups in total. The van der Waals surface area contributed by atoms with Crippen LogP contribution in [0.15, 0.2) is 70.7 Å². The number of ketones is 1. The van der Waals surface area contributed by atoms with Crippen LogP contribution in [-0.4, -0.2) is 17.9 Å². The fourth-order valence-corrected chi connectivity index (χ4v) is 3.66. The van der Waals surface area contributed by atoms with Crippen molar-refractivity contribution in [3.63, 3.8) is 0 Å². The number of para-hydroxylation sites is 1. The van der Waals surface area contributed by atoms with Crippen molar-refractivity contribution in [3.8, 4) is 22.6 Å². The number of Topliss-reactive ketones (excluding diaryl/α,β-unsaturated/α-hetero) is 1. The van der Waals surface area contributed by atoms with E-state index >= 15 is 0 Å². The van der Waals surface area contributed by atoms with Crippen molar-refractivity contribution in [1.82, 2.24) is 4.98 Å². The van der Waals surface area contributed by atoms with E-state index in [9.17, 15) is 10.1 Å². The second kappa shape index (κ2) is 7.51. The minimum atomic E-state index is -0.390. The molecule has 0 aliphatic rings. The SMILES string of the molecule is COc1cccc(C(=O)/C(C#N)=C/c2ccc(-c3nc4ccccc4s3)o2)c1. The molecule has 0 aliphatic heterocycles. The molecule has 0 fully saturated rings. The number of allylic oxidation sites excluding steroid dienone is 1. The van der Waals surface area contributed by atoms with E-state index in [0.717, 1.165) is 15.2 Å². The molecule has 2 aromatic heterocycles. The topological polar surface area (TPSA) is 76.1 Å². The van der Waals surface area contributed by atoms with Crippen LogP contribution in [0, 0.1) is 11.3 Å². The van der Waals surface area contributed by atoms with Crippen LogP contribution in [-0.2, 0) is 0 Å². The lowest BCUT2D eigenvalue weighted by atomic mass is 10.0. The summed E-state index contributed by atoms with van der Waals surface area (Å²) in [7, 11) is 1.52. The highest BCUT2D eigenvalue weighted by Crippen LogP contribution is 2.31. The van der Waals surface area contributed by atoms with Crippen LogP contribution in [0.3, 0.4) is 0 Å². The number of fused-ring (bicyclic) bond motifs is 1. The van der Waals surface area contributed by atoms with Crippen molar-refractivity contribution in [2.24, 2.45) is 0 Å². The van der Waals surface area contributed by atoms with E-state index in [0.29, 0.717) is 22.8 Å². The predicted molar refractivity (Wildman–Crippen MR) is 108 cm³/mol. The monoisotopic (exact) mass is 386 g/mol. The van der Waals surface area contributed by atoms with Crippen molar-refractivity contribution in [2.75, 3.05) is 7.11 Å². The van der Waals surface area contributed by atoms with E-state index in [2.05, 4.69) is 4.98 Å². The van der Waals surface area contributed by atoms with E-state index < -0.39 is 0 Å². The normalized spacial score (nSPS) is 11.4. The minimum absolute atomic E-state index is 0.0153. The second-order valence-electron chi connectivity index (χ2n) is 5.92. The Balaban J connectivity index is 1.64. The van der Waals surface area contributed by atoms with Gasteiger partial charge in [-0.15, -0.1) is 11.3 Å². The van der Waals surface area contributed by atoms with Gasteiger partial charge in [0, 0.05) is 11.6 Å². The largest absolute Gasteiger partial charge is 0.497 e. The van der Waals surface area contributed by atoms with Crippen molar-refractivity contribution < 1.29 is 13.9 Å². The lowest BCUT2D eigenvalue weighted by molar-refractivity contribution is 0.103. The lowest BCUT2D eigenvalue weighted by Gasteiger charge is -2.02. The van der Waals surface area contributed by atoms with Gasteiger partial charge in [0.1, 0.15) is 23.2 Å². The average molecular weight is 386 g/mol. The van der Waals surface area contributed by atoms with Gasteiger partial charge < -0.3 is 9.15 Å². The molecule has 0 unspecified atom stereocenters. The summed E-state index contributed by atoms with van der Waals surface area (Å²) < 4.78 is 12.0. The zero-order valence-electron chi connectivity index (χ0n) is 14.9. The van der Waals surface area contributed by atoms with Crippen LogP contribution in [0.5, 0.6) is 5.75 Å². The maximum absolute atomic E-state index is 12.6. The first kappa shape index (κ1) is 17.7. The van der Waals surface area contributed by atoms with Gasteiger partial charge in [-0.2, -0.15) is 5.26 Å². The Morgan fingerprint density at radius 3 is 2.82 bits per heavy atom. The minimum Gasteiger partial charge on any atom is -0.497 e. The Morgan fingerprint density at radius 1 is 1.18 bits per heavy atom. The van der Waals surface area contributed by atoms with Crippen LogP contribution in [0.25, 0.3) is 27.1 Å². The molecule has 0 spiro atoms. The maximum Gasteiger partial charge on any atom is 0.203 e. The summed E-state index contributed by atoms with van der Waals surface area (Å²) in [4.78, 5) is 17.2. The van der Waals surface area contributed by atoms with Crippen LogP contribution in [0.2, 0.25) is 0 Å². The summed E-state index contributed by atoms with van der Waals surface area (Å²) in [5.41, 5.74) is 1.27. The molecule has 0 radical (unpaired) electrons. The van der Waals surface area contributed by atoms with Crippen molar-refractivity contribution >= 4 is 33.4 Å². The van der Waals surface area contributed by atoms with Gasteiger partial charge >= 0.3 is 0 Å². The quantitative estimate of drug-likeness (QED) is 0.262. The van der Waals surface area contributed by atoms with Gasteiger partial charge in [0.05, 0.1) is 17.3 Å².